The minimum absolute atomic E-state index is 0.447. The first-order valence-corrected chi connectivity index (χ1v) is 8.73. The van der Waals surface area contributed by atoms with Crippen LogP contribution in [0, 0.1) is 6.92 Å². The molecule has 19 heavy (non-hydrogen) atoms. The van der Waals surface area contributed by atoms with Crippen molar-refractivity contribution in [3.8, 4) is 0 Å². The Bertz CT molecular complexity index is 556. The summed E-state index contributed by atoms with van der Waals surface area (Å²) < 4.78 is 27.9. The van der Waals surface area contributed by atoms with Crippen LogP contribution in [0.1, 0.15) is 25.3 Å². The lowest BCUT2D eigenvalue weighted by molar-refractivity contribution is 0.576. The van der Waals surface area contributed by atoms with E-state index < -0.39 is 15.3 Å². The van der Waals surface area contributed by atoms with Crippen molar-refractivity contribution in [3.05, 3.63) is 28.2 Å². The number of nitrogens with one attached hydrogen (secondary N) is 2. The molecule has 1 fully saturated rings. The summed E-state index contributed by atoms with van der Waals surface area (Å²) in [4.78, 5) is 0. The molecule has 2 rings (SSSR count). The third-order valence-electron chi connectivity index (χ3n) is 3.22. The summed E-state index contributed by atoms with van der Waals surface area (Å²) in [7, 11) is -3.34. The lowest BCUT2D eigenvalue weighted by Crippen LogP contribution is -2.35. The lowest BCUT2D eigenvalue weighted by Gasteiger charge is -2.16. The van der Waals surface area contributed by atoms with Gasteiger partial charge in [0.2, 0.25) is 10.0 Å². The zero-order chi connectivity index (χ0) is 14.0. The summed E-state index contributed by atoms with van der Waals surface area (Å²) in [5.41, 5.74) is 1.61. The highest BCUT2D eigenvalue weighted by atomic mass is 79.9. The van der Waals surface area contributed by atoms with Gasteiger partial charge < -0.3 is 5.32 Å². The molecule has 1 saturated carbocycles. The molecule has 1 aliphatic carbocycles. The first kappa shape index (κ1) is 14.8. The molecule has 0 aliphatic heterocycles. The van der Waals surface area contributed by atoms with Crippen molar-refractivity contribution in [3.63, 3.8) is 0 Å². The van der Waals surface area contributed by atoms with E-state index in [0.29, 0.717) is 18.3 Å². The first-order valence-electron chi connectivity index (χ1n) is 6.39. The van der Waals surface area contributed by atoms with E-state index in [1.807, 2.05) is 19.1 Å². The number of aryl methyl sites for hydroxylation is 1. The molecule has 0 amide bonds. The highest BCUT2D eigenvalue weighted by Crippen LogP contribution is 2.22. The van der Waals surface area contributed by atoms with Crippen molar-refractivity contribution in [2.24, 2.45) is 0 Å². The van der Waals surface area contributed by atoms with Crippen LogP contribution >= 0.6 is 15.9 Å². The molecule has 106 valence electrons. The van der Waals surface area contributed by atoms with E-state index in [4.69, 9.17) is 0 Å². The summed E-state index contributed by atoms with van der Waals surface area (Å²) in [6.45, 7) is 4.15. The van der Waals surface area contributed by atoms with Crippen LogP contribution in [0.25, 0.3) is 0 Å². The van der Waals surface area contributed by atoms with Crippen LogP contribution in [-0.4, -0.2) is 26.3 Å². The molecular weight excluding hydrogens is 328 g/mol. The lowest BCUT2D eigenvalue weighted by atomic mass is 10.2. The van der Waals surface area contributed by atoms with Crippen LogP contribution in [0.5, 0.6) is 0 Å². The predicted octanol–water partition coefficient (Wildman–Crippen LogP) is 2.64. The maximum absolute atomic E-state index is 12.2. The van der Waals surface area contributed by atoms with Crippen LogP contribution in [0.2, 0.25) is 0 Å². The Morgan fingerprint density at radius 1 is 1.42 bits per heavy atom. The molecule has 1 aromatic carbocycles. The number of hydrogen-bond acceptors (Lipinski definition) is 3. The van der Waals surface area contributed by atoms with Crippen molar-refractivity contribution >= 4 is 31.6 Å². The van der Waals surface area contributed by atoms with Crippen LogP contribution in [0.4, 0.5) is 5.69 Å². The highest BCUT2D eigenvalue weighted by Gasteiger charge is 2.25. The third-order valence-corrected chi connectivity index (χ3v) is 5.86. The van der Waals surface area contributed by atoms with Gasteiger partial charge in [0, 0.05) is 22.7 Å². The average molecular weight is 347 g/mol. The predicted molar refractivity (Wildman–Crippen MR) is 81.9 cm³/mol. The number of rotatable bonds is 6. The highest BCUT2D eigenvalue weighted by molar-refractivity contribution is 9.10. The van der Waals surface area contributed by atoms with E-state index in [1.54, 1.807) is 13.0 Å². The van der Waals surface area contributed by atoms with E-state index in [-0.39, 0.29) is 0 Å². The van der Waals surface area contributed by atoms with Gasteiger partial charge >= 0.3 is 0 Å². The zero-order valence-corrected chi connectivity index (χ0v) is 13.5. The quantitative estimate of drug-likeness (QED) is 0.832. The number of benzene rings is 1. The fraction of sp³-hybridized carbons (Fsp3) is 0.538. The normalized spacial score (nSPS) is 17.2. The summed E-state index contributed by atoms with van der Waals surface area (Å²) in [5.74, 6) is 0. The van der Waals surface area contributed by atoms with E-state index in [9.17, 15) is 8.42 Å². The molecule has 2 N–H and O–H groups in total. The van der Waals surface area contributed by atoms with Gasteiger partial charge in [-0.1, -0.05) is 15.9 Å². The topological polar surface area (TPSA) is 58.2 Å². The van der Waals surface area contributed by atoms with E-state index >= 15 is 0 Å². The van der Waals surface area contributed by atoms with Crippen molar-refractivity contribution in [1.29, 1.82) is 0 Å². The maximum Gasteiger partial charge on any atom is 0.236 e. The Balaban J connectivity index is 2.00. The van der Waals surface area contributed by atoms with Crippen LogP contribution in [0.15, 0.2) is 22.7 Å². The molecule has 1 aliphatic rings. The zero-order valence-electron chi connectivity index (χ0n) is 11.1. The second-order valence-corrected chi connectivity index (χ2v) is 8.06. The van der Waals surface area contributed by atoms with Crippen molar-refractivity contribution in [2.45, 2.75) is 38.0 Å². The summed E-state index contributed by atoms with van der Waals surface area (Å²) >= 11 is 3.40. The van der Waals surface area contributed by atoms with Gasteiger partial charge in [-0.25, -0.2) is 8.42 Å². The van der Waals surface area contributed by atoms with Gasteiger partial charge in [0.1, 0.15) is 0 Å². The Labute approximate surface area is 123 Å². The summed E-state index contributed by atoms with van der Waals surface area (Å²) in [6, 6.07) is 5.95. The average Bonchev–Trinajstić information content (AvgIpc) is 3.14. The Hall–Kier alpha value is -0.590. The Morgan fingerprint density at radius 2 is 2.11 bits per heavy atom. The molecule has 0 spiro atoms. The molecule has 0 saturated heterocycles. The van der Waals surface area contributed by atoms with Crippen LogP contribution in [-0.2, 0) is 10.0 Å². The molecule has 1 atom stereocenters. The van der Waals surface area contributed by atoms with Crippen LogP contribution in [0.3, 0.4) is 0 Å². The molecule has 1 aromatic rings. The molecule has 0 bridgehead atoms. The van der Waals surface area contributed by atoms with Gasteiger partial charge in [-0.2, -0.15) is 0 Å². The number of sulfonamides is 1. The molecule has 1 unspecified atom stereocenters. The van der Waals surface area contributed by atoms with E-state index in [1.165, 1.54) is 0 Å². The van der Waals surface area contributed by atoms with E-state index in [0.717, 1.165) is 22.9 Å². The monoisotopic (exact) mass is 346 g/mol. The smallest absolute Gasteiger partial charge is 0.236 e. The second kappa shape index (κ2) is 5.81. The van der Waals surface area contributed by atoms with Crippen molar-refractivity contribution < 1.29 is 8.42 Å². The van der Waals surface area contributed by atoms with Gasteiger partial charge in [-0.15, -0.1) is 0 Å². The first-order chi connectivity index (χ1) is 8.88. The summed E-state index contributed by atoms with van der Waals surface area (Å²) in [5, 5.41) is 2.79. The molecular formula is C13H19BrN2O2S. The van der Waals surface area contributed by atoms with Crippen molar-refractivity contribution in [1.82, 2.24) is 5.32 Å². The fourth-order valence-electron chi connectivity index (χ4n) is 1.70. The minimum Gasteiger partial charge on any atom is -0.313 e. The van der Waals surface area contributed by atoms with Gasteiger partial charge in [0.05, 0.1) is 5.25 Å². The molecule has 6 heteroatoms. The minimum atomic E-state index is -3.34. The molecule has 0 radical (unpaired) electrons. The van der Waals surface area contributed by atoms with Crippen LogP contribution < -0.4 is 10.0 Å². The SMILES string of the molecule is Cc1cc(NS(=O)(=O)C(C)CNC2CC2)ccc1Br. The number of halogens is 1. The van der Waals surface area contributed by atoms with E-state index in [2.05, 4.69) is 26.0 Å². The number of hydrogen-bond donors (Lipinski definition) is 2. The third kappa shape index (κ3) is 4.19. The second-order valence-electron chi connectivity index (χ2n) is 5.10. The Morgan fingerprint density at radius 3 is 2.68 bits per heavy atom. The van der Waals surface area contributed by atoms with Gasteiger partial charge in [-0.3, -0.25) is 4.72 Å². The van der Waals surface area contributed by atoms with Gasteiger partial charge in [0.25, 0.3) is 0 Å². The molecule has 0 aromatic heterocycles. The molecule has 4 nitrogen and oxygen atoms in total. The van der Waals surface area contributed by atoms with Gasteiger partial charge in [-0.05, 0) is 50.5 Å². The van der Waals surface area contributed by atoms with Crippen molar-refractivity contribution in [2.75, 3.05) is 11.3 Å². The standard InChI is InChI=1S/C13H19BrN2O2S/c1-9-7-12(5-6-13(9)14)16-19(17,18)10(2)8-15-11-3-4-11/h5-7,10-11,15-16H,3-4,8H2,1-2H3. The Kier molecular flexibility index (Phi) is 4.53. The summed E-state index contributed by atoms with van der Waals surface area (Å²) in [6.07, 6.45) is 2.32. The number of anilines is 1. The molecule has 0 heterocycles. The largest absolute Gasteiger partial charge is 0.313 e. The van der Waals surface area contributed by atoms with Gasteiger partial charge in [0.15, 0.2) is 0 Å². The fourth-order valence-corrected chi connectivity index (χ4v) is 2.92. The maximum atomic E-state index is 12.2.